The summed E-state index contributed by atoms with van der Waals surface area (Å²) in [6.45, 7) is 6.89. The van der Waals surface area contributed by atoms with Crippen LogP contribution in [0.4, 0.5) is 34.1 Å². The molecule has 0 fully saturated rings. The van der Waals surface area contributed by atoms with E-state index in [0.29, 0.717) is 13.1 Å². The van der Waals surface area contributed by atoms with Gasteiger partial charge < -0.3 is 29.8 Å². The minimum absolute atomic E-state index is 0.280. The first-order chi connectivity index (χ1) is 24.3. The molecule has 0 spiro atoms. The van der Waals surface area contributed by atoms with Crippen molar-refractivity contribution in [2.24, 2.45) is 0 Å². The van der Waals surface area contributed by atoms with Gasteiger partial charge in [0.1, 0.15) is 11.5 Å². The molecule has 0 aliphatic carbocycles. The maximum absolute atomic E-state index is 11.7. The molecule has 6 aromatic carbocycles. The molecule has 6 aromatic rings. The monoisotopic (exact) mass is 662 g/mol. The highest BCUT2D eigenvalue weighted by Crippen LogP contribution is 2.43. The van der Waals surface area contributed by atoms with Gasteiger partial charge in [-0.1, -0.05) is 84.9 Å². The van der Waals surface area contributed by atoms with Crippen molar-refractivity contribution >= 4 is 34.1 Å². The number of phenols is 2. The van der Waals surface area contributed by atoms with Crippen LogP contribution in [0.3, 0.4) is 0 Å². The number of hydrogen-bond acceptors (Lipinski definition) is 6. The number of aromatic hydroxyl groups is 2. The van der Waals surface area contributed by atoms with Crippen LogP contribution in [-0.2, 0) is 13.1 Å². The zero-order chi connectivity index (χ0) is 35.0. The minimum Gasteiger partial charge on any atom is -0.505 e. The number of benzene rings is 6. The van der Waals surface area contributed by atoms with E-state index in [1.807, 2.05) is 84.9 Å². The smallest absolute Gasteiger partial charge is 0.144 e. The average molecular weight is 663 g/mol. The second-order valence-electron chi connectivity index (χ2n) is 13.1. The largest absolute Gasteiger partial charge is 0.505 e. The molecule has 6 nitrogen and oxygen atoms in total. The lowest BCUT2D eigenvalue weighted by Gasteiger charge is -2.29. The van der Waals surface area contributed by atoms with E-state index in [1.54, 1.807) is 0 Å². The molecule has 0 radical (unpaired) electrons. The number of hydrogen-bond donors (Lipinski definition) is 2. The normalized spacial score (nSPS) is 11.2. The van der Waals surface area contributed by atoms with Gasteiger partial charge in [0.05, 0.1) is 11.4 Å². The van der Waals surface area contributed by atoms with E-state index in [1.165, 1.54) is 0 Å². The Morgan fingerprint density at radius 1 is 0.420 bits per heavy atom. The number of likely N-dealkylation sites (N-methyl/N-ethyl adjacent to an activating group) is 2. The van der Waals surface area contributed by atoms with Gasteiger partial charge in [-0.3, -0.25) is 0 Å². The van der Waals surface area contributed by atoms with Gasteiger partial charge in [-0.2, -0.15) is 0 Å². The summed E-state index contributed by atoms with van der Waals surface area (Å²) in [5, 5.41) is 23.4. The van der Waals surface area contributed by atoms with Crippen molar-refractivity contribution in [3.63, 3.8) is 0 Å². The van der Waals surface area contributed by atoms with Gasteiger partial charge in [-0.15, -0.1) is 0 Å². The molecular weight excluding hydrogens is 617 g/mol. The second kappa shape index (κ2) is 15.8. The number of nitrogens with zero attached hydrogens (tertiary/aromatic N) is 4. The Bertz CT molecular complexity index is 1760. The van der Waals surface area contributed by atoms with E-state index in [9.17, 15) is 10.2 Å². The third-order valence-electron chi connectivity index (χ3n) is 8.91. The molecule has 0 saturated carbocycles. The molecule has 0 bridgehead atoms. The van der Waals surface area contributed by atoms with Crippen molar-refractivity contribution in [1.29, 1.82) is 0 Å². The van der Waals surface area contributed by atoms with Gasteiger partial charge in [0.15, 0.2) is 0 Å². The molecule has 0 saturated heterocycles. The number of phenolic OH excluding ortho intramolecular Hbond substituents is 2. The first-order valence-electron chi connectivity index (χ1n) is 17.1. The van der Waals surface area contributed by atoms with E-state index < -0.39 is 0 Å². The van der Waals surface area contributed by atoms with Gasteiger partial charge >= 0.3 is 0 Å². The molecule has 0 heterocycles. The molecule has 50 heavy (non-hydrogen) atoms. The molecule has 0 unspecified atom stereocenters. The summed E-state index contributed by atoms with van der Waals surface area (Å²) >= 11 is 0. The van der Waals surface area contributed by atoms with Crippen LogP contribution in [0.1, 0.15) is 22.3 Å². The standard InChI is InChI=1S/C44H46N4O2/c1-33-27-35(43(49)41(29-33)47(37-17-9-5-10-18-37)38-19-11-6-12-20-38)31-45(3)25-26-46(4)32-36-28-34(2)30-42(44(36)50)48(39-21-13-7-14-22-39)40-23-15-8-16-24-40/h5-24,27-30,49-50H,25-26,31-32H2,1-4H3. The maximum Gasteiger partial charge on any atom is 0.144 e. The van der Waals surface area contributed by atoms with Crippen LogP contribution >= 0.6 is 0 Å². The number of para-hydroxylation sites is 4. The first kappa shape index (κ1) is 34.3. The molecule has 0 amide bonds. The SMILES string of the molecule is Cc1cc(CN(C)CCN(C)Cc2cc(C)cc(N(c3ccccc3)c3ccccc3)c2O)c(O)c(N(c2ccccc2)c2ccccc2)c1. The molecule has 0 aromatic heterocycles. The quantitative estimate of drug-likeness (QED) is 0.128. The highest BCUT2D eigenvalue weighted by molar-refractivity contribution is 5.82. The molecule has 6 heteroatoms. The Labute approximate surface area is 296 Å². The number of anilines is 6. The van der Waals surface area contributed by atoms with Gasteiger partial charge in [0, 0.05) is 60.1 Å². The summed E-state index contributed by atoms with van der Waals surface area (Å²) in [4.78, 5) is 8.69. The van der Waals surface area contributed by atoms with E-state index in [0.717, 1.165) is 69.5 Å². The fourth-order valence-electron chi connectivity index (χ4n) is 6.49. The molecule has 0 aliphatic rings. The van der Waals surface area contributed by atoms with Crippen molar-refractivity contribution in [3.05, 3.63) is 168 Å². The third kappa shape index (κ3) is 8.00. The summed E-state index contributed by atoms with van der Waals surface area (Å²) in [7, 11) is 4.17. The molecular formula is C44H46N4O2. The molecule has 0 aliphatic heterocycles. The van der Waals surface area contributed by atoms with Crippen molar-refractivity contribution < 1.29 is 10.2 Å². The van der Waals surface area contributed by atoms with Crippen LogP contribution in [0.15, 0.2) is 146 Å². The highest BCUT2D eigenvalue weighted by atomic mass is 16.3. The molecule has 2 N–H and O–H groups in total. The Morgan fingerprint density at radius 3 is 0.980 bits per heavy atom. The van der Waals surface area contributed by atoms with Crippen molar-refractivity contribution in [2.45, 2.75) is 26.9 Å². The minimum atomic E-state index is 0.280. The van der Waals surface area contributed by atoms with Crippen LogP contribution in [-0.4, -0.2) is 47.2 Å². The summed E-state index contributed by atoms with van der Waals surface area (Å²) in [6, 6.07) is 48.9. The zero-order valence-electron chi connectivity index (χ0n) is 29.4. The summed E-state index contributed by atoms with van der Waals surface area (Å²) in [5.41, 5.74) is 9.38. The Balaban J connectivity index is 1.18. The average Bonchev–Trinajstić information content (AvgIpc) is 3.13. The fraction of sp³-hybridized carbons (Fsp3) is 0.182. The predicted molar refractivity (Wildman–Crippen MR) is 208 cm³/mol. The van der Waals surface area contributed by atoms with Crippen LogP contribution in [0.2, 0.25) is 0 Å². The van der Waals surface area contributed by atoms with Crippen LogP contribution < -0.4 is 9.80 Å². The first-order valence-corrected chi connectivity index (χ1v) is 17.1. The summed E-state index contributed by atoms with van der Waals surface area (Å²) in [6.07, 6.45) is 0. The molecule has 0 atom stereocenters. The lowest BCUT2D eigenvalue weighted by molar-refractivity contribution is 0.244. The van der Waals surface area contributed by atoms with Crippen molar-refractivity contribution in [3.8, 4) is 11.5 Å². The van der Waals surface area contributed by atoms with Crippen LogP contribution in [0.5, 0.6) is 11.5 Å². The Hall–Kier alpha value is -5.56. The predicted octanol–water partition coefficient (Wildman–Crippen LogP) is 10.2. The van der Waals surface area contributed by atoms with Gasteiger partial charge in [0.2, 0.25) is 0 Å². The van der Waals surface area contributed by atoms with Crippen LogP contribution in [0.25, 0.3) is 0 Å². The van der Waals surface area contributed by atoms with Crippen molar-refractivity contribution in [2.75, 3.05) is 37.0 Å². The highest BCUT2D eigenvalue weighted by Gasteiger charge is 2.21. The van der Waals surface area contributed by atoms with Gasteiger partial charge in [-0.25, -0.2) is 0 Å². The van der Waals surface area contributed by atoms with E-state index in [-0.39, 0.29) is 11.5 Å². The third-order valence-corrected chi connectivity index (χ3v) is 8.91. The topological polar surface area (TPSA) is 53.4 Å². The summed E-state index contributed by atoms with van der Waals surface area (Å²) in [5.74, 6) is 0.559. The number of rotatable bonds is 13. The molecule has 254 valence electrons. The summed E-state index contributed by atoms with van der Waals surface area (Å²) < 4.78 is 0. The fourth-order valence-corrected chi connectivity index (χ4v) is 6.49. The van der Waals surface area contributed by atoms with Crippen molar-refractivity contribution in [1.82, 2.24) is 9.80 Å². The van der Waals surface area contributed by atoms with Gasteiger partial charge in [-0.05, 0) is 99.7 Å². The van der Waals surface area contributed by atoms with E-state index >= 15 is 0 Å². The zero-order valence-corrected chi connectivity index (χ0v) is 29.4. The van der Waals surface area contributed by atoms with Gasteiger partial charge in [0.25, 0.3) is 0 Å². The van der Waals surface area contributed by atoms with Crippen LogP contribution in [0, 0.1) is 13.8 Å². The molecule has 6 rings (SSSR count). The lowest BCUT2D eigenvalue weighted by Crippen LogP contribution is -2.30. The van der Waals surface area contributed by atoms with E-state index in [4.69, 9.17) is 0 Å². The second-order valence-corrected chi connectivity index (χ2v) is 13.1. The number of aryl methyl sites for hydroxylation is 2. The maximum atomic E-state index is 11.7. The Kier molecular flexibility index (Phi) is 10.8. The van der Waals surface area contributed by atoms with E-state index in [2.05, 4.69) is 108 Å². The Morgan fingerprint density at radius 2 is 0.700 bits per heavy atom. The lowest BCUT2D eigenvalue weighted by atomic mass is 10.1.